The maximum atomic E-state index is 13.9. The van der Waals surface area contributed by atoms with Crippen molar-refractivity contribution in [1.29, 1.82) is 0 Å². The quantitative estimate of drug-likeness (QED) is 0.510. The van der Waals surface area contributed by atoms with Gasteiger partial charge in [0.2, 0.25) is 0 Å². The molecule has 1 aromatic rings. The van der Waals surface area contributed by atoms with E-state index in [1.807, 2.05) is 18.2 Å². The number of carbonyl (C=O) groups is 2. The molecule has 0 amide bonds. The SMILES string of the molecule is COc1ccc(N2CCN(CC(=O)[C@@]3(O)CC[C@H]4[C@@H]5CCC6=CC(=O)CC[C@]6(C)[C@H]5[C@H](O)C[C@@]43C)CC2)cc1.Cl.Cl. The molecule has 0 aromatic heterocycles. The molecule has 4 aliphatic carbocycles. The Bertz CT molecular complexity index is 1170. The van der Waals surface area contributed by atoms with Gasteiger partial charge in [0.15, 0.2) is 11.6 Å². The zero-order valence-electron chi connectivity index (χ0n) is 24.5. The van der Waals surface area contributed by atoms with Crippen molar-refractivity contribution in [3.8, 4) is 5.75 Å². The van der Waals surface area contributed by atoms with Gasteiger partial charge < -0.3 is 19.8 Å². The highest BCUT2D eigenvalue weighted by Gasteiger charge is 2.68. The molecule has 5 aliphatic rings. The number of allylic oxidation sites excluding steroid dienone is 1. The first-order valence-electron chi connectivity index (χ1n) is 14.9. The second-order valence-corrected chi connectivity index (χ2v) is 13.4. The highest BCUT2D eigenvalue weighted by atomic mass is 35.5. The molecule has 0 unspecified atom stereocenters. The van der Waals surface area contributed by atoms with E-state index < -0.39 is 17.1 Å². The zero-order valence-corrected chi connectivity index (χ0v) is 26.1. The Morgan fingerprint density at radius 1 is 1.02 bits per heavy atom. The van der Waals surface area contributed by atoms with E-state index in [1.165, 1.54) is 5.57 Å². The van der Waals surface area contributed by atoms with Crippen LogP contribution in [0.15, 0.2) is 35.9 Å². The summed E-state index contributed by atoms with van der Waals surface area (Å²) in [5, 5.41) is 23.7. The molecule has 228 valence electrons. The van der Waals surface area contributed by atoms with Crippen molar-refractivity contribution < 1.29 is 24.5 Å². The predicted octanol–water partition coefficient (Wildman–Crippen LogP) is 4.46. The minimum Gasteiger partial charge on any atom is -0.497 e. The summed E-state index contributed by atoms with van der Waals surface area (Å²) in [6.45, 7) is 7.77. The second-order valence-electron chi connectivity index (χ2n) is 13.4. The Hall–Kier alpha value is -1.64. The molecule has 1 saturated heterocycles. The largest absolute Gasteiger partial charge is 0.497 e. The number of benzene rings is 1. The van der Waals surface area contributed by atoms with Gasteiger partial charge in [0.1, 0.15) is 11.4 Å². The van der Waals surface area contributed by atoms with Crippen LogP contribution in [0.3, 0.4) is 0 Å². The molecule has 1 aromatic carbocycles. The topological polar surface area (TPSA) is 90.3 Å². The number of aliphatic hydroxyl groups excluding tert-OH is 1. The average molecular weight is 610 g/mol. The molecular weight excluding hydrogens is 563 g/mol. The van der Waals surface area contributed by atoms with Crippen molar-refractivity contribution in [2.24, 2.45) is 28.6 Å². The number of methoxy groups -OCH3 is 1. The summed E-state index contributed by atoms with van der Waals surface area (Å²) in [5.74, 6) is 1.54. The molecule has 4 fully saturated rings. The molecule has 2 N–H and O–H groups in total. The fraction of sp³-hybridized carbons (Fsp3) is 0.688. The smallest absolute Gasteiger partial charge is 0.178 e. The van der Waals surface area contributed by atoms with E-state index in [4.69, 9.17) is 4.74 Å². The maximum Gasteiger partial charge on any atom is 0.178 e. The van der Waals surface area contributed by atoms with Crippen LogP contribution >= 0.6 is 24.8 Å². The highest BCUT2D eigenvalue weighted by molar-refractivity contribution is 5.92. The number of hydrogen-bond donors (Lipinski definition) is 2. The fourth-order valence-corrected chi connectivity index (χ4v) is 9.44. The number of rotatable bonds is 5. The molecule has 3 saturated carbocycles. The third kappa shape index (κ3) is 5.14. The van der Waals surface area contributed by atoms with Gasteiger partial charge >= 0.3 is 0 Å². The first kappa shape index (κ1) is 32.3. The van der Waals surface area contributed by atoms with E-state index in [0.29, 0.717) is 19.3 Å². The number of nitrogens with zero attached hydrogens (tertiary/aromatic N) is 2. The number of piperazine rings is 1. The number of carbonyl (C=O) groups excluding carboxylic acids is 2. The van der Waals surface area contributed by atoms with Gasteiger partial charge in [-0.2, -0.15) is 0 Å². The Morgan fingerprint density at radius 2 is 1.71 bits per heavy atom. The molecule has 1 aliphatic heterocycles. The van der Waals surface area contributed by atoms with E-state index in [2.05, 4.69) is 35.8 Å². The lowest BCUT2D eigenvalue weighted by Gasteiger charge is -2.60. The number of aliphatic hydroxyl groups is 2. The molecule has 7 nitrogen and oxygen atoms in total. The normalized spacial score (nSPS) is 38.4. The van der Waals surface area contributed by atoms with Gasteiger partial charge in [-0.15, -0.1) is 24.8 Å². The van der Waals surface area contributed by atoms with Gasteiger partial charge in [-0.3, -0.25) is 14.5 Å². The van der Waals surface area contributed by atoms with Crippen LogP contribution in [-0.4, -0.2) is 78.2 Å². The van der Waals surface area contributed by atoms with Gasteiger partial charge in [-0.05, 0) is 92.0 Å². The lowest BCUT2D eigenvalue weighted by molar-refractivity contribution is -0.181. The Kier molecular flexibility index (Phi) is 9.29. The number of ketones is 2. The Balaban J connectivity index is 0.00000194. The molecular formula is C32H46Cl2N2O5. The van der Waals surface area contributed by atoms with Crippen LogP contribution in [0.4, 0.5) is 5.69 Å². The van der Waals surface area contributed by atoms with Crippen molar-refractivity contribution in [3.05, 3.63) is 35.9 Å². The number of fused-ring (bicyclic) bond motifs is 5. The first-order chi connectivity index (χ1) is 18.6. The summed E-state index contributed by atoms with van der Waals surface area (Å²) in [6.07, 6.45) is 6.17. The van der Waals surface area contributed by atoms with Gasteiger partial charge in [0, 0.05) is 43.7 Å². The molecule has 6 rings (SSSR count). The van der Waals surface area contributed by atoms with Crippen LogP contribution in [0.5, 0.6) is 5.75 Å². The Labute approximate surface area is 256 Å². The standard InChI is InChI=1S/C32H44N2O5.2ClH/c1-30-12-10-23(35)18-21(30)4-9-25-26-11-13-32(38,31(26,2)19-27(36)29(25)30)28(37)20-33-14-16-34(17-15-33)22-5-7-24(39-3)8-6-22;;/h5-8,18,25-27,29,36,38H,4,9-17,19-20H2,1-3H3;2*1H/t25-,26-,27+,29+,30-,31-,32-;;/m0../s1. The molecule has 0 spiro atoms. The van der Waals surface area contributed by atoms with Crippen LogP contribution in [-0.2, 0) is 9.59 Å². The van der Waals surface area contributed by atoms with Crippen molar-refractivity contribution in [2.75, 3.05) is 44.7 Å². The number of hydrogen-bond acceptors (Lipinski definition) is 7. The van der Waals surface area contributed by atoms with Crippen molar-refractivity contribution in [3.63, 3.8) is 0 Å². The van der Waals surface area contributed by atoms with Gasteiger partial charge in [-0.25, -0.2) is 0 Å². The minimum absolute atomic E-state index is 0. The van der Waals surface area contributed by atoms with Crippen molar-refractivity contribution in [1.82, 2.24) is 4.90 Å². The van der Waals surface area contributed by atoms with Crippen LogP contribution in [0, 0.1) is 28.6 Å². The van der Waals surface area contributed by atoms with Crippen LogP contribution in [0.25, 0.3) is 0 Å². The lowest BCUT2D eigenvalue weighted by Crippen LogP contribution is -2.63. The number of anilines is 1. The summed E-state index contributed by atoms with van der Waals surface area (Å²) in [7, 11) is 1.67. The summed E-state index contributed by atoms with van der Waals surface area (Å²) < 4.78 is 5.27. The Morgan fingerprint density at radius 3 is 2.37 bits per heavy atom. The summed E-state index contributed by atoms with van der Waals surface area (Å²) in [5.41, 5.74) is 0.166. The van der Waals surface area contributed by atoms with Gasteiger partial charge in [0.05, 0.1) is 19.8 Å². The summed E-state index contributed by atoms with van der Waals surface area (Å²) in [6, 6.07) is 8.08. The minimum atomic E-state index is -1.41. The summed E-state index contributed by atoms with van der Waals surface area (Å²) >= 11 is 0. The van der Waals surface area contributed by atoms with Crippen LogP contribution in [0.1, 0.15) is 58.8 Å². The van der Waals surface area contributed by atoms with E-state index in [9.17, 15) is 19.8 Å². The summed E-state index contributed by atoms with van der Waals surface area (Å²) in [4.78, 5) is 30.5. The molecule has 0 bridgehead atoms. The zero-order chi connectivity index (χ0) is 27.6. The number of halogens is 2. The van der Waals surface area contributed by atoms with E-state index in [-0.39, 0.29) is 66.1 Å². The number of ether oxygens (including phenoxy) is 1. The molecule has 7 atom stereocenters. The third-order valence-corrected chi connectivity index (χ3v) is 11.7. The lowest BCUT2D eigenvalue weighted by atomic mass is 9.45. The van der Waals surface area contributed by atoms with Gasteiger partial charge in [0.25, 0.3) is 0 Å². The van der Waals surface area contributed by atoms with E-state index >= 15 is 0 Å². The van der Waals surface area contributed by atoms with E-state index in [1.54, 1.807) is 7.11 Å². The monoisotopic (exact) mass is 608 g/mol. The van der Waals surface area contributed by atoms with Crippen LogP contribution < -0.4 is 9.64 Å². The predicted molar refractivity (Wildman–Crippen MR) is 164 cm³/mol. The maximum absolute atomic E-state index is 13.9. The molecule has 0 radical (unpaired) electrons. The molecule has 1 heterocycles. The molecule has 9 heteroatoms. The van der Waals surface area contributed by atoms with E-state index in [0.717, 1.165) is 63.3 Å². The van der Waals surface area contributed by atoms with Crippen molar-refractivity contribution >= 4 is 42.1 Å². The number of Topliss-reactive ketones (excluding diaryl/α,β-unsaturated/α-hetero) is 1. The van der Waals surface area contributed by atoms with Crippen molar-refractivity contribution in [2.45, 2.75) is 70.5 Å². The molecule has 41 heavy (non-hydrogen) atoms. The first-order valence-corrected chi connectivity index (χ1v) is 14.9. The average Bonchev–Trinajstić information content (AvgIpc) is 3.20. The highest BCUT2D eigenvalue weighted by Crippen LogP contribution is 2.67. The third-order valence-electron chi connectivity index (χ3n) is 11.7. The second kappa shape index (κ2) is 11.8. The van der Waals surface area contributed by atoms with Gasteiger partial charge in [-0.1, -0.05) is 19.4 Å². The van der Waals surface area contributed by atoms with Crippen LogP contribution in [0.2, 0.25) is 0 Å². The fourth-order valence-electron chi connectivity index (χ4n) is 9.44.